The second kappa shape index (κ2) is 1.99. The van der Waals surface area contributed by atoms with Gasteiger partial charge in [-0.1, -0.05) is 6.92 Å². The van der Waals surface area contributed by atoms with Crippen LogP contribution in [0, 0.1) is 35.0 Å². The lowest BCUT2D eigenvalue weighted by molar-refractivity contribution is 0.475. The van der Waals surface area contributed by atoms with Crippen LogP contribution in [-0.2, 0) is 0 Å². The first kappa shape index (κ1) is 6.22. The van der Waals surface area contributed by atoms with Crippen LogP contribution in [0.15, 0.2) is 0 Å². The van der Waals surface area contributed by atoms with Gasteiger partial charge >= 0.3 is 0 Å². The molecule has 0 bridgehead atoms. The van der Waals surface area contributed by atoms with Crippen LogP contribution in [-0.4, -0.2) is 0 Å². The number of nitrogens with zero attached hydrogens (tertiary/aromatic N) is 1. The maximum absolute atomic E-state index is 8.45. The zero-order chi connectivity index (χ0) is 7.14. The molecule has 1 heteroatoms. The molecule has 2 fully saturated rings. The molecule has 2 saturated carbocycles. The number of hydrogen-bond acceptors (Lipinski definition) is 1. The summed E-state index contributed by atoms with van der Waals surface area (Å²) in [6.07, 6.45) is 3.62. The van der Waals surface area contributed by atoms with E-state index >= 15 is 0 Å². The van der Waals surface area contributed by atoms with Crippen LogP contribution in [0.5, 0.6) is 0 Å². The van der Waals surface area contributed by atoms with Gasteiger partial charge in [-0.05, 0) is 36.5 Å². The van der Waals surface area contributed by atoms with Crippen molar-refractivity contribution < 1.29 is 0 Å². The van der Waals surface area contributed by atoms with Gasteiger partial charge in [0.2, 0.25) is 0 Å². The van der Waals surface area contributed by atoms with Crippen molar-refractivity contribution in [2.75, 3.05) is 0 Å². The Bertz CT molecular complexity index is 168. The molecule has 0 aromatic carbocycles. The molecule has 0 saturated heterocycles. The fourth-order valence-electron chi connectivity index (χ4n) is 2.66. The second-order valence-corrected chi connectivity index (χ2v) is 3.93. The Morgan fingerprint density at radius 1 is 1.40 bits per heavy atom. The van der Waals surface area contributed by atoms with Crippen molar-refractivity contribution in [2.45, 2.75) is 26.2 Å². The fraction of sp³-hybridized carbons (Fsp3) is 0.889. The van der Waals surface area contributed by atoms with E-state index in [1.54, 1.807) is 0 Å². The summed E-state index contributed by atoms with van der Waals surface area (Å²) in [5.74, 6) is 3.66. The van der Waals surface area contributed by atoms with Crippen molar-refractivity contribution in [1.29, 1.82) is 5.26 Å². The van der Waals surface area contributed by atoms with Gasteiger partial charge in [-0.3, -0.25) is 0 Å². The van der Waals surface area contributed by atoms with Gasteiger partial charge in [-0.2, -0.15) is 5.26 Å². The van der Waals surface area contributed by atoms with E-state index in [1.165, 1.54) is 12.8 Å². The molecular formula is C9H13N. The molecule has 2 atom stereocenters. The van der Waals surface area contributed by atoms with E-state index in [2.05, 4.69) is 13.0 Å². The summed E-state index contributed by atoms with van der Waals surface area (Å²) >= 11 is 0. The molecule has 54 valence electrons. The number of fused-ring (bicyclic) bond motifs is 1. The van der Waals surface area contributed by atoms with Gasteiger partial charge in [0.25, 0.3) is 0 Å². The highest BCUT2D eigenvalue weighted by atomic mass is 14.6. The Morgan fingerprint density at radius 3 is 2.50 bits per heavy atom. The van der Waals surface area contributed by atoms with Crippen LogP contribution in [0.1, 0.15) is 26.2 Å². The molecule has 0 amide bonds. The minimum absolute atomic E-state index is 0.807. The Morgan fingerprint density at radius 2 is 2.00 bits per heavy atom. The van der Waals surface area contributed by atoms with E-state index in [0.717, 1.165) is 30.1 Å². The van der Waals surface area contributed by atoms with E-state index in [4.69, 9.17) is 5.26 Å². The lowest BCUT2D eigenvalue weighted by atomic mass is 10.0. The van der Waals surface area contributed by atoms with Crippen molar-refractivity contribution in [3.63, 3.8) is 0 Å². The van der Waals surface area contributed by atoms with Gasteiger partial charge in [-0.25, -0.2) is 0 Å². The number of nitriles is 1. The van der Waals surface area contributed by atoms with Crippen LogP contribution in [0.3, 0.4) is 0 Å². The Labute approximate surface area is 62.0 Å². The maximum atomic E-state index is 8.45. The minimum atomic E-state index is 0.807. The lowest BCUT2D eigenvalue weighted by Crippen LogP contribution is -1.94. The van der Waals surface area contributed by atoms with E-state index in [-0.39, 0.29) is 0 Å². The van der Waals surface area contributed by atoms with E-state index in [9.17, 15) is 0 Å². The molecular weight excluding hydrogens is 122 g/mol. The topological polar surface area (TPSA) is 23.8 Å². The smallest absolute Gasteiger partial charge is 0.0624 e. The van der Waals surface area contributed by atoms with Crippen molar-refractivity contribution in [2.24, 2.45) is 23.7 Å². The second-order valence-electron chi connectivity index (χ2n) is 3.93. The third-order valence-corrected chi connectivity index (χ3v) is 3.19. The highest BCUT2D eigenvalue weighted by Gasteiger charge is 2.54. The quantitative estimate of drug-likeness (QED) is 0.540. The average Bonchev–Trinajstić information content (AvgIpc) is 2.43. The third-order valence-electron chi connectivity index (χ3n) is 3.19. The molecule has 0 aromatic rings. The molecule has 10 heavy (non-hydrogen) atoms. The summed E-state index contributed by atoms with van der Waals surface area (Å²) in [4.78, 5) is 0. The number of rotatable bonds is 1. The SMILES string of the molecule is CC1CC2C(CC#N)C2C1. The van der Waals surface area contributed by atoms with Gasteiger partial charge in [0.15, 0.2) is 0 Å². The highest BCUT2D eigenvalue weighted by molar-refractivity contribution is 5.05. The van der Waals surface area contributed by atoms with Gasteiger partial charge in [-0.15, -0.1) is 0 Å². The van der Waals surface area contributed by atoms with Crippen LogP contribution >= 0.6 is 0 Å². The number of hydrogen-bond donors (Lipinski definition) is 0. The van der Waals surface area contributed by atoms with Gasteiger partial charge < -0.3 is 0 Å². The normalized spacial score (nSPS) is 50.0. The Hall–Kier alpha value is -0.510. The third kappa shape index (κ3) is 0.751. The first-order chi connectivity index (χ1) is 4.83. The molecule has 0 spiro atoms. The molecule has 0 radical (unpaired) electrons. The van der Waals surface area contributed by atoms with E-state index < -0.39 is 0 Å². The summed E-state index contributed by atoms with van der Waals surface area (Å²) in [7, 11) is 0. The predicted molar refractivity (Wildman–Crippen MR) is 39.1 cm³/mol. The molecule has 1 nitrogen and oxygen atoms in total. The maximum Gasteiger partial charge on any atom is 0.0624 e. The average molecular weight is 135 g/mol. The first-order valence-electron chi connectivity index (χ1n) is 4.20. The van der Waals surface area contributed by atoms with Crippen LogP contribution < -0.4 is 0 Å². The highest BCUT2D eigenvalue weighted by Crippen LogP contribution is 2.60. The van der Waals surface area contributed by atoms with E-state index in [0.29, 0.717) is 0 Å². The zero-order valence-electron chi connectivity index (χ0n) is 6.38. The summed E-state index contributed by atoms with van der Waals surface area (Å²) in [6.45, 7) is 2.33. The lowest BCUT2D eigenvalue weighted by Gasteiger charge is -2.04. The standard InChI is InChI=1S/C9H13N/c1-6-4-8-7(2-3-10)9(8)5-6/h6-9H,2,4-5H2,1H3. The summed E-state index contributed by atoms with van der Waals surface area (Å²) < 4.78 is 0. The molecule has 0 heterocycles. The first-order valence-corrected chi connectivity index (χ1v) is 4.20. The molecule has 0 aromatic heterocycles. The summed E-state index contributed by atoms with van der Waals surface area (Å²) in [5, 5.41) is 8.45. The fourth-order valence-corrected chi connectivity index (χ4v) is 2.66. The van der Waals surface area contributed by atoms with Gasteiger partial charge in [0, 0.05) is 6.42 Å². The van der Waals surface area contributed by atoms with Gasteiger partial charge in [0.1, 0.15) is 0 Å². The van der Waals surface area contributed by atoms with Crippen LogP contribution in [0.4, 0.5) is 0 Å². The zero-order valence-corrected chi connectivity index (χ0v) is 6.38. The molecule has 0 aliphatic heterocycles. The summed E-state index contributed by atoms with van der Waals surface area (Å²) in [6, 6.07) is 2.27. The van der Waals surface area contributed by atoms with E-state index in [1.807, 2.05) is 0 Å². The minimum Gasteiger partial charge on any atom is -0.198 e. The van der Waals surface area contributed by atoms with Crippen molar-refractivity contribution in [3.8, 4) is 6.07 Å². The summed E-state index contributed by atoms with van der Waals surface area (Å²) in [5.41, 5.74) is 0. The largest absolute Gasteiger partial charge is 0.198 e. The predicted octanol–water partition coefficient (Wildman–Crippen LogP) is 2.19. The van der Waals surface area contributed by atoms with Crippen molar-refractivity contribution in [3.05, 3.63) is 0 Å². The van der Waals surface area contributed by atoms with Crippen LogP contribution in [0.25, 0.3) is 0 Å². The molecule has 2 unspecified atom stereocenters. The van der Waals surface area contributed by atoms with Crippen LogP contribution in [0.2, 0.25) is 0 Å². The van der Waals surface area contributed by atoms with Crippen molar-refractivity contribution >= 4 is 0 Å². The molecule has 2 aliphatic rings. The molecule has 2 rings (SSSR count). The van der Waals surface area contributed by atoms with Gasteiger partial charge in [0.05, 0.1) is 6.07 Å². The molecule has 0 N–H and O–H groups in total. The Balaban J connectivity index is 1.87. The van der Waals surface area contributed by atoms with Crippen molar-refractivity contribution in [1.82, 2.24) is 0 Å². The monoisotopic (exact) mass is 135 g/mol. The Kier molecular flexibility index (Phi) is 1.23. The molecule has 2 aliphatic carbocycles.